The van der Waals surface area contributed by atoms with Gasteiger partial charge < -0.3 is 10.2 Å². The van der Waals surface area contributed by atoms with Gasteiger partial charge in [-0.15, -0.1) is 0 Å². The summed E-state index contributed by atoms with van der Waals surface area (Å²) in [6.07, 6.45) is 6.83. The predicted molar refractivity (Wildman–Crippen MR) is 129 cm³/mol. The molecule has 0 aliphatic rings. The summed E-state index contributed by atoms with van der Waals surface area (Å²) >= 11 is 0. The minimum absolute atomic E-state index is 0.0468. The molecule has 4 aromatic rings. The van der Waals surface area contributed by atoms with Gasteiger partial charge in [0.25, 0.3) is 0 Å². The highest BCUT2D eigenvalue weighted by molar-refractivity contribution is 5.99. The van der Waals surface area contributed by atoms with Gasteiger partial charge in [0.15, 0.2) is 5.78 Å². The van der Waals surface area contributed by atoms with Gasteiger partial charge in [-0.3, -0.25) is 24.0 Å². The Bertz CT molecular complexity index is 1310. The lowest BCUT2D eigenvalue weighted by molar-refractivity contribution is -0.131. The Hall–Kier alpha value is -4.33. The van der Waals surface area contributed by atoms with E-state index in [4.69, 9.17) is 0 Å². The number of fused-ring (bicyclic) bond motifs is 1. The Morgan fingerprint density at radius 1 is 0.971 bits per heavy atom. The molecule has 0 aliphatic carbocycles. The second kappa shape index (κ2) is 10.5. The molecular weight excluding hydrogens is 430 g/mol. The summed E-state index contributed by atoms with van der Waals surface area (Å²) in [5.74, 6) is -0.472. The first-order valence-electron chi connectivity index (χ1n) is 11.0. The van der Waals surface area contributed by atoms with Crippen LogP contribution >= 0.6 is 0 Å². The number of aromatic nitrogens is 3. The fourth-order valence-corrected chi connectivity index (χ4v) is 3.66. The summed E-state index contributed by atoms with van der Waals surface area (Å²) in [6.45, 7) is 0.506. The van der Waals surface area contributed by atoms with Crippen LogP contribution in [-0.4, -0.2) is 44.3 Å². The molecule has 8 heteroatoms. The summed E-state index contributed by atoms with van der Waals surface area (Å²) in [5, 5.41) is 8.99. The molecule has 0 radical (unpaired) electrons. The topological polar surface area (TPSA) is 97.2 Å². The first kappa shape index (κ1) is 22.8. The molecule has 34 heavy (non-hydrogen) atoms. The number of benzene rings is 2. The van der Waals surface area contributed by atoms with Crippen LogP contribution in [0.4, 0.5) is 5.69 Å². The number of nitrogens with zero attached hydrogens (tertiary/aromatic N) is 4. The largest absolute Gasteiger partial charge is 0.340 e. The first-order chi connectivity index (χ1) is 16.5. The molecule has 0 bridgehead atoms. The van der Waals surface area contributed by atoms with Crippen LogP contribution in [0.15, 0.2) is 79.4 Å². The smallest absolute Gasteiger partial charge is 0.244 e. The number of Topliss-reactive ketones (excluding diaryl/α,β-unsaturated/α-hetero) is 1. The SMILES string of the molecule is CN(Cc1cccc2cnccc12)C(=O)Cn1cc(NC(=O)CCC(=O)c2ccccc2)cn1. The number of hydrogen-bond acceptors (Lipinski definition) is 5. The van der Waals surface area contributed by atoms with Crippen LogP contribution in [0.25, 0.3) is 10.8 Å². The maximum absolute atomic E-state index is 12.7. The van der Waals surface area contributed by atoms with E-state index < -0.39 is 0 Å². The number of hydrogen-bond donors (Lipinski definition) is 1. The van der Waals surface area contributed by atoms with Crippen LogP contribution < -0.4 is 5.32 Å². The number of likely N-dealkylation sites (N-methyl/N-ethyl adjacent to an activating group) is 1. The van der Waals surface area contributed by atoms with Crippen LogP contribution in [0.5, 0.6) is 0 Å². The minimum Gasteiger partial charge on any atom is -0.340 e. The molecule has 1 N–H and O–H groups in total. The number of pyridine rings is 1. The quantitative estimate of drug-likeness (QED) is 0.388. The van der Waals surface area contributed by atoms with Gasteiger partial charge in [0, 0.05) is 56.0 Å². The summed E-state index contributed by atoms with van der Waals surface area (Å²) in [6, 6.07) is 16.8. The molecule has 0 unspecified atom stereocenters. The van der Waals surface area contributed by atoms with Gasteiger partial charge in [-0.05, 0) is 17.0 Å². The van der Waals surface area contributed by atoms with Gasteiger partial charge in [-0.2, -0.15) is 5.10 Å². The standard InChI is InChI=1S/C26H25N5O3/c1-30(16-21-9-5-8-20-14-27-13-12-23(20)21)26(34)18-31-17-22(15-28-31)29-25(33)11-10-24(32)19-6-3-2-4-7-19/h2-9,12-15,17H,10-11,16,18H2,1H3,(H,29,33). The number of ketones is 1. The van der Waals surface area contributed by atoms with E-state index in [9.17, 15) is 14.4 Å². The molecule has 0 saturated carbocycles. The third-order valence-electron chi connectivity index (χ3n) is 5.49. The lowest BCUT2D eigenvalue weighted by Crippen LogP contribution is -2.30. The summed E-state index contributed by atoms with van der Waals surface area (Å²) < 4.78 is 1.48. The molecule has 2 aromatic carbocycles. The predicted octanol–water partition coefficient (Wildman–Crippen LogP) is 3.69. The van der Waals surface area contributed by atoms with Crippen LogP contribution in [-0.2, 0) is 22.7 Å². The summed E-state index contributed by atoms with van der Waals surface area (Å²) in [4.78, 5) is 42.9. The zero-order valence-electron chi connectivity index (χ0n) is 18.8. The second-order valence-corrected chi connectivity index (χ2v) is 8.03. The van der Waals surface area contributed by atoms with Crippen molar-refractivity contribution in [3.63, 3.8) is 0 Å². The molecule has 4 rings (SSSR count). The third kappa shape index (κ3) is 5.72. The average Bonchev–Trinajstić information content (AvgIpc) is 3.29. The molecule has 0 spiro atoms. The van der Waals surface area contributed by atoms with Gasteiger partial charge in [0.1, 0.15) is 6.54 Å². The van der Waals surface area contributed by atoms with E-state index in [0.29, 0.717) is 17.8 Å². The van der Waals surface area contributed by atoms with Crippen LogP contribution in [0.1, 0.15) is 28.8 Å². The molecule has 2 amide bonds. The second-order valence-electron chi connectivity index (χ2n) is 8.03. The Kier molecular flexibility index (Phi) is 7.07. The van der Waals surface area contributed by atoms with E-state index in [2.05, 4.69) is 15.4 Å². The fraction of sp³-hybridized carbons (Fsp3) is 0.192. The van der Waals surface area contributed by atoms with Gasteiger partial charge in [-0.25, -0.2) is 0 Å². The third-order valence-corrected chi connectivity index (χ3v) is 5.49. The van der Waals surface area contributed by atoms with Crippen molar-refractivity contribution in [2.75, 3.05) is 12.4 Å². The number of rotatable bonds is 9. The van der Waals surface area contributed by atoms with Crippen molar-refractivity contribution >= 4 is 34.1 Å². The zero-order valence-corrected chi connectivity index (χ0v) is 18.8. The van der Waals surface area contributed by atoms with Crippen molar-refractivity contribution in [3.8, 4) is 0 Å². The lowest BCUT2D eigenvalue weighted by Gasteiger charge is -2.18. The van der Waals surface area contributed by atoms with Crippen LogP contribution in [0.2, 0.25) is 0 Å². The molecule has 0 aliphatic heterocycles. The van der Waals surface area contributed by atoms with E-state index in [1.807, 2.05) is 30.3 Å². The fourth-order valence-electron chi connectivity index (χ4n) is 3.66. The first-order valence-corrected chi connectivity index (χ1v) is 11.0. The van der Waals surface area contributed by atoms with E-state index >= 15 is 0 Å². The van der Waals surface area contributed by atoms with Crippen molar-refractivity contribution in [2.45, 2.75) is 25.9 Å². The highest BCUT2D eigenvalue weighted by Gasteiger charge is 2.14. The molecule has 2 aromatic heterocycles. The van der Waals surface area contributed by atoms with Crippen LogP contribution in [0, 0.1) is 0 Å². The van der Waals surface area contributed by atoms with E-state index in [-0.39, 0.29) is 37.0 Å². The average molecular weight is 456 g/mol. The van der Waals surface area contributed by atoms with Gasteiger partial charge in [-0.1, -0.05) is 48.5 Å². The molecule has 0 saturated heterocycles. The lowest BCUT2D eigenvalue weighted by atomic mass is 10.1. The van der Waals surface area contributed by atoms with Crippen molar-refractivity contribution in [3.05, 3.63) is 90.5 Å². The summed E-state index contributed by atoms with van der Waals surface area (Å²) in [7, 11) is 1.75. The number of carbonyl (C=O) groups is 3. The highest BCUT2D eigenvalue weighted by atomic mass is 16.2. The highest BCUT2D eigenvalue weighted by Crippen LogP contribution is 2.19. The number of nitrogens with one attached hydrogen (secondary N) is 1. The maximum Gasteiger partial charge on any atom is 0.244 e. The number of amides is 2. The van der Waals surface area contributed by atoms with Gasteiger partial charge in [0.2, 0.25) is 11.8 Å². The Morgan fingerprint density at radius 3 is 2.62 bits per heavy atom. The normalized spacial score (nSPS) is 10.7. The zero-order chi connectivity index (χ0) is 23.9. The van der Waals surface area contributed by atoms with Crippen molar-refractivity contribution in [2.24, 2.45) is 0 Å². The molecule has 0 atom stereocenters. The van der Waals surface area contributed by atoms with Gasteiger partial charge in [0.05, 0.1) is 11.9 Å². The monoisotopic (exact) mass is 455 g/mol. The Morgan fingerprint density at radius 2 is 1.79 bits per heavy atom. The molecule has 8 nitrogen and oxygen atoms in total. The molecule has 2 heterocycles. The number of anilines is 1. The molecular formula is C26H25N5O3. The van der Waals surface area contributed by atoms with E-state index in [1.54, 1.807) is 54.8 Å². The Labute approximate surface area is 197 Å². The number of carbonyl (C=O) groups excluding carboxylic acids is 3. The van der Waals surface area contributed by atoms with Crippen molar-refractivity contribution in [1.82, 2.24) is 19.7 Å². The molecule has 0 fully saturated rings. The van der Waals surface area contributed by atoms with Crippen LogP contribution in [0.3, 0.4) is 0 Å². The van der Waals surface area contributed by atoms with Crippen molar-refractivity contribution in [1.29, 1.82) is 0 Å². The van der Waals surface area contributed by atoms with Crippen molar-refractivity contribution < 1.29 is 14.4 Å². The Balaban J connectivity index is 1.28. The van der Waals surface area contributed by atoms with E-state index in [1.165, 1.54) is 10.9 Å². The summed E-state index contributed by atoms with van der Waals surface area (Å²) in [5.41, 5.74) is 2.11. The minimum atomic E-state index is -0.280. The van der Waals surface area contributed by atoms with Gasteiger partial charge >= 0.3 is 0 Å². The van der Waals surface area contributed by atoms with E-state index in [0.717, 1.165) is 16.3 Å². The maximum atomic E-state index is 12.7. The molecule has 172 valence electrons.